The number of aromatic nitrogens is 3. The van der Waals surface area contributed by atoms with Gasteiger partial charge >= 0.3 is 0 Å². The van der Waals surface area contributed by atoms with E-state index in [1.54, 1.807) is 13.1 Å². The zero-order valence-electron chi connectivity index (χ0n) is 12.5. The third-order valence-corrected chi connectivity index (χ3v) is 3.36. The Balaban J connectivity index is 2.19. The van der Waals surface area contributed by atoms with Crippen LogP contribution in [-0.4, -0.2) is 22.2 Å². The highest BCUT2D eigenvalue weighted by atomic mass is 19.1. The second kappa shape index (κ2) is 5.55. The zero-order valence-corrected chi connectivity index (χ0v) is 12.5. The summed E-state index contributed by atoms with van der Waals surface area (Å²) < 4.78 is 18.7. The van der Waals surface area contributed by atoms with Crippen molar-refractivity contribution in [2.75, 3.05) is 12.4 Å². The van der Waals surface area contributed by atoms with Gasteiger partial charge in [-0.25, -0.2) is 14.4 Å². The van der Waals surface area contributed by atoms with Gasteiger partial charge in [-0.2, -0.15) is 0 Å². The number of nitrogens with zero attached hydrogens (tertiary/aromatic N) is 3. The Labute approximate surface area is 127 Å². The summed E-state index contributed by atoms with van der Waals surface area (Å²) in [6.07, 6.45) is 0. The first-order chi connectivity index (χ1) is 10.6. The smallest absolute Gasteiger partial charge is 0.223 e. The van der Waals surface area contributed by atoms with Gasteiger partial charge in [0.15, 0.2) is 0 Å². The molecule has 0 bridgehead atoms. The standard InChI is InChI=1S/C16H15FN4O/c1-9-15(10(2)22-21-9)14-8-13(19-16(18-3)20-14)11-5-4-6-12(17)7-11/h4-8H,1-3H3,(H,18,19,20). The molecule has 112 valence electrons. The highest BCUT2D eigenvalue weighted by Gasteiger charge is 2.16. The quantitative estimate of drug-likeness (QED) is 0.800. The van der Waals surface area contributed by atoms with Crippen molar-refractivity contribution in [3.8, 4) is 22.5 Å². The summed E-state index contributed by atoms with van der Waals surface area (Å²) in [5.41, 5.74) is 3.59. The minimum Gasteiger partial charge on any atom is -0.361 e. The molecule has 0 unspecified atom stereocenters. The Morgan fingerprint density at radius 3 is 2.50 bits per heavy atom. The molecule has 0 saturated heterocycles. The Bertz CT molecular complexity index is 809. The van der Waals surface area contributed by atoms with Crippen molar-refractivity contribution in [1.29, 1.82) is 0 Å². The van der Waals surface area contributed by atoms with E-state index in [0.29, 0.717) is 28.7 Å². The van der Waals surface area contributed by atoms with Crippen molar-refractivity contribution < 1.29 is 8.91 Å². The fourth-order valence-corrected chi connectivity index (χ4v) is 2.33. The molecule has 0 aliphatic carbocycles. The Morgan fingerprint density at radius 2 is 1.86 bits per heavy atom. The van der Waals surface area contributed by atoms with Crippen LogP contribution in [0.4, 0.5) is 10.3 Å². The largest absolute Gasteiger partial charge is 0.361 e. The lowest BCUT2D eigenvalue weighted by molar-refractivity contribution is 0.393. The first-order valence-corrected chi connectivity index (χ1v) is 6.84. The first kappa shape index (κ1) is 14.2. The van der Waals surface area contributed by atoms with E-state index in [9.17, 15) is 4.39 Å². The van der Waals surface area contributed by atoms with Crippen LogP contribution >= 0.6 is 0 Å². The molecule has 0 atom stereocenters. The molecule has 6 heteroatoms. The lowest BCUT2D eigenvalue weighted by Crippen LogP contribution is -2.00. The minimum atomic E-state index is -0.305. The van der Waals surface area contributed by atoms with Gasteiger partial charge in [0, 0.05) is 12.6 Å². The van der Waals surface area contributed by atoms with E-state index in [4.69, 9.17) is 4.52 Å². The number of rotatable bonds is 3. The maximum absolute atomic E-state index is 13.5. The van der Waals surface area contributed by atoms with Crippen LogP contribution in [0.2, 0.25) is 0 Å². The van der Waals surface area contributed by atoms with Crippen molar-refractivity contribution in [2.45, 2.75) is 13.8 Å². The average molecular weight is 298 g/mol. The van der Waals surface area contributed by atoms with Crippen LogP contribution < -0.4 is 5.32 Å². The number of halogens is 1. The number of nitrogens with one attached hydrogen (secondary N) is 1. The van der Waals surface area contributed by atoms with Crippen LogP contribution in [0.1, 0.15) is 11.5 Å². The molecule has 0 saturated carbocycles. The first-order valence-electron chi connectivity index (χ1n) is 6.84. The van der Waals surface area contributed by atoms with Crippen LogP contribution in [0, 0.1) is 19.7 Å². The van der Waals surface area contributed by atoms with E-state index < -0.39 is 0 Å². The van der Waals surface area contributed by atoms with Crippen molar-refractivity contribution in [2.24, 2.45) is 0 Å². The van der Waals surface area contributed by atoms with E-state index >= 15 is 0 Å². The number of hydrogen-bond acceptors (Lipinski definition) is 5. The van der Waals surface area contributed by atoms with E-state index in [2.05, 4.69) is 20.4 Å². The Hall–Kier alpha value is -2.76. The summed E-state index contributed by atoms with van der Waals surface area (Å²) in [4.78, 5) is 8.84. The molecular formula is C16H15FN4O. The lowest BCUT2D eigenvalue weighted by Gasteiger charge is -2.08. The molecule has 0 aliphatic heterocycles. The van der Waals surface area contributed by atoms with Gasteiger partial charge in [0.1, 0.15) is 11.6 Å². The van der Waals surface area contributed by atoms with Crippen LogP contribution in [0.15, 0.2) is 34.9 Å². The molecule has 0 aliphatic rings. The van der Waals surface area contributed by atoms with E-state index in [0.717, 1.165) is 11.3 Å². The molecule has 2 aromatic heterocycles. The normalized spacial score (nSPS) is 10.7. The van der Waals surface area contributed by atoms with E-state index in [-0.39, 0.29) is 5.82 Å². The lowest BCUT2D eigenvalue weighted by atomic mass is 10.1. The summed E-state index contributed by atoms with van der Waals surface area (Å²) in [6, 6.07) is 8.11. The monoisotopic (exact) mass is 298 g/mol. The Morgan fingerprint density at radius 1 is 1.09 bits per heavy atom. The summed E-state index contributed by atoms with van der Waals surface area (Å²) in [7, 11) is 1.74. The van der Waals surface area contributed by atoms with Gasteiger partial charge in [0.2, 0.25) is 5.95 Å². The molecular weight excluding hydrogens is 283 g/mol. The van der Waals surface area contributed by atoms with Gasteiger partial charge in [-0.1, -0.05) is 17.3 Å². The molecule has 3 rings (SSSR count). The molecule has 2 heterocycles. The Kier molecular flexibility index (Phi) is 3.58. The fourth-order valence-electron chi connectivity index (χ4n) is 2.33. The van der Waals surface area contributed by atoms with Gasteiger partial charge in [0.05, 0.1) is 22.6 Å². The van der Waals surface area contributed by atoms with Gasteiger partial charge in [0.25, 0.3) is 0 Å². The molecule has 3 aromatic rings. The van der Waals surface area contributed by atoms with Gasteiger partial charge < -0.3 is 9.84 Å². The van der Waals surface area contributed by atoms with Crippen LogP contribution in [-0.2, 0) is 0 Å². The molecule has 0 spiro atoms. The molecule has 0 fully saturated rings. The zero-order chi connectivity index (χ0) is 15.7. The average Bonchev–Trinajstić information content (AvgIpc) is 2.85. The molecule has 22 heavy (non-hydrogen) atoms. The second-order valence-corrected chi connectivity index (χ2v) is 4.92. The molecule has 1 N–H and O–H groups in total. The van der Waals surface area contributed by atoms with Crippen LogP contribution in [0.3, 0.4) is 0 Å². The van der Waals surface area contributed by atoms with Crippen molar-refractivity contribution in [1.82, 2.24) is 15.1 Å². The number of benzene rings is 1. The van der Waals surface area contributed by atoms with Crippen LogP contribution in [0.5, 0.6) is 0 Å². The summed E-state index contributed by atoms with van der Waals surface area (Å²) in [5.74, 6) is 0.834. The van der Waals surface area contributed by atoms with Crippen molar-refractivity contribution >= 4 is 5.95 Å². The van der Waals surface area contributed by atoms with Crippen molar-refractivity contribution in [3.05, 3.63) is 47.6 Å². The molecule has 0 radical (unpaired) electrons. The van der Waals surface area contributed by atoms with Crippen LogP contribution in [0.25, 0.3) is 22.5 Å². The SMILES string of the molecule is CNc1nc(-c2cccc(F)c2)cc(-c2c(C)noc2C)n1. The highest BCUT2D eigenvalue weighted by molar-refractivity contribution is 5.71. The molecule has 1 aromatic carbocycles. The third kappa shape index (κ3) is 2.55. The number of anilines is 1. The maximum atomic E-state index is 13.5. The minimum absolute atomic E-state index is 0.305. The highest BCUT2D eigenvalue weighted by Crippen LogP contribution is 2.29. The van der Waals surface area contributed by atoms with Gasteiger partial charge in [-0.05, 0) is 32.0 Å². The third-order valence-electron chi connectivity index (χ3n) is 3.36. The topological polar surface area (TPSA) is 63.8 Å². The molecule has 5 nitrogen and oxygen atoms in total. The number of aryl methyl sites for hydroxylation is 2. The molecule has 0 amide bonds. The summed E-state index contributed by atoms with van der Waals surface area (Å²) >= 11 is 0. The summed E-state index contributed by atoms with van der Waals surface area (Å²) in [5, 5.41) is 6.87. The van der Waals surface area contributed by atoms with Crippen molar-refractivity contribution in [3.63, 3.8) is 0 Å². The van der Waals surface area contributed by atoms with E-state index in [1.165, 1.54) is 12.1 Å². The van der Waals surface area contributed by atoms with E-state index in [1.807, 2.05) is 26.0 Å². The van der Waals surface area contributed by atoms with Gasteiger partial charge in [-0.3, -0.25) is 0 Å². The predicted octanol–water partition coefficient (Wildman–Crippen LogP) is 3.60. The predicted molar refractivity (Wildman–Crippen MR) is 81.9 cm³/mol. The second-order valence-electron chi connectivity index (χ2n) is 4.92. The fraction of sp³-hybridized carbons (Fsp3) is 0.188. The number of hydrogen-bond donors (Lipinski definition) is 1. The van der Waals surface area contributed by atoms with Gasteiger partial charge in [-0.15, -0.1) is 0 Å². The summed E-state index contributed by atoms with van der Waals surface area (Å²) in [6.45, 7) is 3.69. The maximum Gasteiger partial charge on any atom is 0.223 e.